The van der Waals surface area contributed by atoms with Gasteiger partial charge >= 0.3 is 6.18 Å². The predicted octanol–water partition coefficient (Wildman–Crippen LogP) is 3.82. The molecule has 0 bridgehead atoms. The van der Waals surface area contributed by atoms with Crippen molar-refractivity contribution in [2.75, 3.05) is 13.1 Å². The summed E-state index contributed by atoms with van der Waals surface area (Å²) in [7, 11) is 0. The number of aliphatic hydroxyl groups excluding tert-OH is 1. The number of rotatable bonds is 4. The Kier molecular flexibility index (Phi) is 5.91. The number of alkyl halides is 3. The molecule has 1 amide bonds. The van der Waals surface area contributed by atoms with Gasteiger partial charge < -0.3 is 10.0 Å². The molecule has 134 valence electrons. The van der Waals surface area contributed by atoms with Gasteiger partial charge in [0.05, 0.1) is 17.6 Å². The van der Waals surface area contributed by atoms with Crippen molar-refractivity contribution in [1.29, 1.82) is 0 Å². The van der Waals surface area contributed by atoms with Crippen molar-refractivity contribution < 1.29 is 23.1 Å². The number of hydrogen-bond donors (Lipinski definition) is 1. The Labute approximate surface area is 140 Å². The van der Waals surface area contributed by atoms with Gasteiger partial charge in [-0.2, -0.15) is 13.2 Å². The molecular formula is C18H24F3NO2. The van der Waals surface area contributed by atoms with E-state index in [0.717, 1.165) is 25.0 Å². The van der Waals surface area contributed by atoms with E-state index in [1.54, 1.807) is 24.8 Å². The smallest absolute Gasteiger partial charge is 0.393 e. The maximum atomic E-state index is 12.9. The normalized spacial score (nSPS) is 21.4. The molecule has 3 atom stereocenters. The summed E-state index contributed by atoms with van der Waals surface area (Å²) in [5.74, 6) is -0.705. The number of piperidine rings is 1. The Morgan fingerprint density at radius 3 is 2.71 bits per heavy atom. The number of benzene rings is 1. The van der Waals surface area contributed by atoms with Crippen LogP contribution < -0.4 is 0 Å². The van der Waals surface area contributed by atoms with E-state index in [1.807, 2.05) is 0 Å². The molecule has 0 aliphatic carbocycles. The highest BCUT2D eigenvalue weighted by atomic mass is 19.4. The van der Waals surface area contributed by atoms with Gasteiger partial charge in [0.25, 0.3) is 0 Å². The predicted molar refractivity (Wildman–Crippen MR) is 85.5 cm³/mol. The molecule has 0 saturated carbocycles. The molecular weight excluding hydrogens is 319 g/mol. The van der Waals surface area contributed by atoms with E-state index in [4.69, 9.17) is 0 Å². The Morgan fingerprint density at radius 2 is 2.12 bits per heavy atom. The number of halogens is 3. The Bertz CT molecular complexity index is 572. The third-order valence-electron chi connectivity index (χ3n) is 4.77. The minimum absolute atomic E-state index is 0.0294. The van der Waals surface area contributed by atoms with Crippen LogP contribution in [0.25, 0.3) is 0 Å². The van der Waals surface area contributed by atoms with Gasteiger partial charge in [-0.3, -0.25) is 4.79 Å². The fourth-order valence-corrected chi connectivity index (χ4v) is 3.31. The first-order valence-electron chi connectivity index (χ1n) is 8.38. The first kappa shape index (κ1) is 18.8. The van der Waals surface area contributed by atoms with Gasteiger partial charge in [0.2, 0.25) is 5.91 Å². The highest BCUT2D eigenvalue weighted by Gasteiger charge is 2.33. The molecule has 2 rings (SSSR count). The van der Waals surface area contributed by atoms with E-state index >= 15 is 0 Å². The average Bonchev–Trinajstić information content (AvgIpc) is 2.55. The number of carbonyl (C=O) groups excluding carboxylic acids is 1. The number of carbonyl (C=O) groups is 1. The molecule has 1 heterocycles. The van der Waals surface area contributed by atoms with E-state index in [-0.39, 0.29) is 11.8 Å². The molecule has 6 heteroatoms. The SMILES string of the molecule is CCC(C(=O)N1CCCC(C(C)O)C1)c1cccc(C(F)(F)F)c1. The lowest BCUT2D eigenvalue weighted by Gasteiger charge is -2.36. The fraction of sp³-hybridized carbons (Fsp3) is 0.611. The summed E-state index contributed by atoms with van der Waals surface area (Å²) < 4.78 is 38.7. The summed E-state index contributed by atoms with van der Waals surface area (Å²) in [6.07, 6.45) is -2.80. The first-order valence-corrected chi connectivity index (χ1v) is 8.38. The van der Waals surface area contributed by atoms with Crippen LogP contribution in [0.4, 0.5) is 13.2 Å². The second-order valence-electron chi connectivity index (χ2n) is 6.51. The zero-order chi connectivity index (χ0) is 17.9. The summed E-state index contributed by atoms with van der Waals surface area (Å²) in [4.78, 5) is 14.5. The molecule has 1 aliphatic heterocycles. The van der Waals surface area contributed by atoms with Crippen molar-refractivity contribution in [3.8, 4) is 0 Å². The van der Waals surface area contributed by atoms with Gasteiger partial charge in [0.1, 0.15) is 0 Å². The molecule has 1 fully saturated rings. The topological polar surface area (TPSA) is 40.5 Å². The van der Waals surface area contributed by atoms with Gasteiger partial charge in [-0.15, -0.1) is 0 Å². The Morgan fingerprint density at radius 1 is 1.42 bits per heavy atom. The maximum Gasteiger partial charge on any atom is 0.416 e. The monoisotopic (exact) mass is 343 g/mol. The zero-order valence-corrected chi connectivity index (χ0v) is 14.0. The first-order chi connectivity index (χ1) is 11.2. The van der Waals surface area contributed by atoms with Crippen LogP contribution in [0, 0.1) is 5.92 Å². The lowest BCUT2D eigenvalue weighted by Crippen LogP contribution is -2.44. The standard InChI is InChI=1S/C18H24F3NO2/c1-3-16(13-6-4-8-15(10-13)18(19,20)21)17(24)22-9-5-7-14(11-22)12(2)23/h4,6,8,10,12,14,16,23H,3,5,7,9,11H2,1-2H3. The van der Waals surface area contributed by atoms with Crippen LogP contribution in [0.15, 0.2) is 24.3 Å². The lowest BCUT2D eigenvalue weighted by molar-refractivity contribution is -0.138. The van der Waals surface area contributed by atoms with Crippen LogP contribution >= 0.6 is 0 Å². The summed E-state index contributed by atoms with van der Waals surface area (Å²) in [5.41, 5.74) is -0.330. The van der Waals surface area contributed by atoms with E-state index in [1.165, 1.54) is 6.07 Å². The summed E-state index contributed by atoms with van der Waals surface area (Å²) in [6.45, 7) is 4.57. The number of nitrogens with zero attached hydrogens (tertiary/aromatic N) is 1. The van der Waals surface area contributed by atoms with Gasteiger partial charge in [-0.25, -0.2) is 0 Å². The second-order valence-corrected chi connectivity index (χ2v) is 6.51. The van der Waals surface area contributed by atoms with Gasteiger partial charge in [0, 0.05) is 19.0 Å². The van der Waals surface area contributed by atoms with Crippen LogP contribution in [0.1, 0.15) is 50.2 Å². The molecule has 3 unspecified atom stereocenters. The third kappa shape index (κ3) is 4.29. The van der Waals surface area contributed by atoms with E-state index in [9.17, 15) is 23.1 Å². The van der Waals surface area contributed by atoms with Crippen LogP contribution in [-0.4, -0.2) is 35.1 Å². The van der Waals surface area contributed by atoms with E-state index in [2.05, 4.69) is 0 Å². The minimum Gasteiger partial charge on any atom is -0.393 e. The zero-order valence-electron chi connectivity index (χ0n) is 14.0. The largest absolute Gasteiger partial charge is 0.416 e. The quantitative estimate of drug-likeness (QED) is 0.903. The highest BCUT2D eigenvalue weighted by Crippen LogP contribution is 2.33. The summed E-state index contributed by atoms with van der Waals surface area (Å²) in [5, 5.41) is 9.75. The minimum atomic E-state index is -4.42. The number of hydrogen-bond acceptors (Lipinski definition) is 2. The van der Waals surface area contributed by atoms with Crippen molar-refractivity contribution in [3.63, 3.8) is 0 Å². The molecule has 3 nitrogen and oxygen atoms in total. The van der Waals surface area contributed by atoms with Gasteiger partial charge in [-0.1, -0.05) is 25.1 Å². The van der Waals surface area contributed by atoms with Crippen molar-refractivity contribution in [2.24, 2.45) is 5.92 Å². The van der Waals surface area contributed by atoms with Crippen molar-refractivity contribution in [2.45, 2.75) is 51.3 Å². The van der Waals surface area contributed by atoms with Crippen LogP contribution in [0.2, 0.25) is 0 Å². The van der Waals surface area contributed by atoms with Crippen LogP contribution in [-0.2, 0) is 11.0 Å². The molecule has 1 aromatic carbocycles. The van der Waals surface area contributed by atoms with Crippen molar-refractivity contribution in [3.05, 3.63) is 35.4 Å². The molecule has 24 heavy (non-hydrogen) atoms. The molecule has 1 aromatic rings. The molecule has 0 spiro atoms. The number of amides is 1. The average molecular weight is 343 g/mol. The highest BCUT2D eigenvalue weighted by molar-refractivity contribution is 5.83. The number of aliphatic hydroxyl groups is 1. The molecule has 1 N–H and O–H groups in total. The van der Waals surface area contributed by atoms with Gasteiger partial charge in [0.15, 0.2) is 0 Å². The van der Waals surface area contributed by atoms with E-state index < -0.39 is 23.8 Å². The third-order valence-corrected chi connectivity index (χ3v) is 4.77. The Balaban J connectivity index is 2.20. The Hall–Kier alpha value is -1.56. The second kappa shape index (κ2) is 7.55. The van der Waals surface area contributed by atoms with Crippen molar-refractivity contribution >= 4 is 5.91 Å². The molecule has 1 aliphatic rings. The summed E-state index contributed by atoms with van der Waals surface area (Å²) >= 11 is 0. The van der Waals surface area contributed by atoms with E-state index in [0.29, 0.717) is 25.1 Å². The summed E-state index contributed by atoms with van der Waals surface area (Å²) in [6, 6.07) is 5.02. The maximum absolute atomic E-state index is 12.9. The molecule has 1 saturated heterocycles. The molecule has 0 aromatic heterocycles. The van der Waals surface area contributed by atoms with Crippen LogP contribution in [0.5, 0.6) is 0 Å². The lowest BCUT2D eigenvalue weighted by atomic mass is 9.89. The van der Waals surface area contributed by atoms with Gasteiger partial charge in [-0.05, 0) is 37.8 Å². The molecule has 0 radical (unpaired) electrons. The fourth-order valence-electron chi connectivity index (χ4n) is 3.31. The number of likely N-dealkylation sites (tertiary alicyclic amines) is 1. The van der Waals surface area contributed by atoms with Crippen LogP contribution in [0.3, 0.4) is 0 Å². The van der Waals surface area contributed by atoms with Crippen molar-refractivity contribution in [1.82, 2.24) is 4.90 Å².